The van der Waals surface area contributed by atoms with Crippen LogP contribution in [0.2, 0.25) is 0 Å². The van der Waals surface area contributed by atoms with E-state index in [0.29, 0.717) is 29.4 Å². The van der Waals surface area contributed by atoms with E-state index in [0.717, 1.165) is 27.1 Å². The van der Waals surface area contributed by atoms with Crippen molar-refractivity contribution in [2.45, 2.75) is 12.5 Å². The zero-order valence-corrected chi connectivity index (χ0v) is 22.3. The van der Waals surface area contributed by atoms with E-state index in [9.17, 15) is 9.90 Å². The van der Waals surface area contributed by atoms with Crippen molar-refractivity contribution in [1.29, 1.82) is 0 Å². The van der Waals surface area contributed by atoms with Gasteiger partial charge in [0.25, 0.3) is 5.91 Å². The minimum Gasteiger partial charge on any atom is -0.508 e. The van der Waals surface area contributed by atoms with Crippen molar-refractivity contribution in [2.75, 3.05) is 33.5 Å². The Morgan fingerprint density at radius 3 is 2.26 bits per heavy atom. The summed E-state index contributed by atoms with van der Waals surface area (Å²) in [6.07, 6.45) is 2.07. The molecule has 38 heavy (non-hydrogen) atoms. The predicted molar refractivity (Wildman–Crippen MR) is 147 cm³/mol. The summed E-state index contributed by atoms with van der Waals surface area (Å²) in [5.41, 5.74) is 10.1. The number of hydroxylamine groups is 1. The molecule has 3 aromatic carbocycles. The van der Waals surface area contributed by atoms with E-state index in [2.05, 4.69) is 4.37 Å². The van der Waals surface area contributed by atoms with Crippen molar-refractivity contribution in [3.8, 4) is 44.6 Å². The first-order chi connectivity index (χ1) is 18.4. The normalized spacial score (nSPS) is 11.6. The molecule has 1 unspecified atom stereocenters. The Morgan fingerprint density at radius 2 is 1.66 bits per heavy atom. The second kappa shape index (κ2) is 12.0. The summed E-state index contributed by atoms with van der Waals surface area (Å²) < 4.78 is 20.9. The Morgan fingerprint density at radius 1 is 0.974 bits per heavy atom. The molecule has 0 aliphatic rings. The SMILES string of the molecule is COc1cc(-c2sncc2-c2cccc(N(OC)C(=O)C(N)Cc3ccc(O)cc3)c2)cc(OC)c1OC. The number of aromatic nitrogens is 1. The lowest BCUT2D eigenvalue weighted by molar-refractivity contribution is -0.126. The van der Waals surface area contributed by atoms with Crippen LogP contribution in [0.1, 0.15) is 5.56 Å². The van der Waals surface area contributed by atoms with Crippen LogP contribution in [0.5, 0.6) is 23.0 Å². The lowest BCUT2D eigenvalue weighted by Gasteiger charge is -2.23. The van der Waals surface area contributed by atoms with Crippen LogP contribution in [0.3, 0.4) is 0 Å². The molecule has 0 aliphatic carbocycles. The van der Waals surface area contributed by atoms with Gasteiger partial charge in [0.15, 0.2) is 11.5 Å². The molecule has 0 fully saturated rings. The molecule has 9 nitrogen and oxygen atoms in total. The predicted octanol–water partition coefficient (Wildman–Crippen LogP) is 4.67. The monoisotopic (exact) mass is 535 g/mol. The molecule has 0 saturated carbocycles. The molecule has 0 radical (unpaired) electrons. The zero-order valence-electron chi connectivity index (χ0n) is 21.5. The van der Waals surface area contributed by atoms with Gasteiger partial charge < -0.3 is 25.1 Å². The summed E-state index contributed by atoms with van der Waals surface area (Å²) >= 11 is 1.33. The third-order valence-electron chi connectivity index (χ3n) is 5.98. The number of hydrogen-bond acceptors (Lipinski definition) is 9. The first-order valence-electron chi connectivity index (χ1n) is 11.7. The second-order valence-corrected chi connectivity index (χ2v) is 9.13. The van der Waals surface area contributed by atoms with E-state index in [4.69, 9.17) is 24.8 Å². The highest BCUT2D eigenvalue weighted by Gasteiger charge is 2.24. The van der Waals surface area contributed by atoms with E-state index in [1.807, 2.05) is 30.3 Å². The molecule has 0 bridgehead atoms. The van der Waals surface area contributed by atoms with Gasteiger partial charge in [0.1, 0.15) is 5.75 Å². The molecule has 4 aromatic rings. The van der Waals surface area contributed by atoms with Gasteiger partial charge in [-0.3, -0.25) is 9.63 Å². The number of carbonyl (C=O) groups excluding carboxylic acids is 1. The summed E-state index contributed by atoms with van der Waals surface area (Å²) in [7, 11) is 6.12. The Hall–Kier alpha value is -4.12. The Labute approximate surface area is 225 Å². The topological polar surface area (TPSA) is 116 Å². The number of rotatable bonds is 10. The van der Waals surface area contributed by atoms with E-state index in [1.165, 1.54) is 23.7 Å². The number of ether oxygens (including phenoxy) is 3. The van der Waals surface area contributed by atoms with E-state index < -0.39 is 11.9 Å². The zero-order chi connectivity index (χ0) is 27.2. The molecule has 198 valence electrons. The fourth-order valence-electron chi connectivity index (χ4n) is 4.11. The van der Waals surface area contributed by atoms with Crippen molar-refractivity contribution in [1.82, 2.24) is 4.37 Å². The van der Waals surface area contributed by atoms with Crippen LogP contribution in [0.15, 0.2) is 66.9 Å². The molecular formula is C28H29N3O6S. The van der Waals surface area contributed by atoms with Gasteiger partial charge in [-0.05, 0) is 65.5 Å². The minimum atomic E-state index is -0.847. The summed E-state index contributed by atoms with van der Waals surface area (Å²) in [5, 5.41) is 10.7. The number of anilines is 1. The van der Waals surface area contributed by atoms with Crippen LogP contribution in [0.4, 0.5) is 5.69 Å². The fraction of sp³-hybridized carbons (Fsp3) is 0.214. The number of amides is 1. The molecule has 1 atom stereocenters. The molecule has 4 rings (SSSR count). The third-order valence-corrected chi connectivity index (χ3v) is 6.83. The molecule has 10 heteroatoms. The quantitative estimate of drug-likeness (QED) is 0.282. The van der Waals surface area contributed by atoms with Crippen LogP contribution < -0.4 is 25.0 Å². The number of hydrogen-bond donors (Lipinski definition) is 2. The van der Waals surface area contributed by atoms with Crippen LogP contribution in [0, 0.1) is 0 Å². The smallest absolute Gasteiger partial charge is 0.268 e. The largest absolute Gasteiger partial charge is 0.508 e. The number of benzene rings is 3. The van der Waals surface area contributed by atoms with Crippen LogP contribution >= 0.6 is 11.5 Å². The number of phenols is 1. The number of aromatic hydroxyl groups is 1. The Bertz CT molecular complexity index is 1380. The molecule has 1 aromatic heterocycles. The van der Waals surface area contributed by atoms with Crippen molar-refractivity contribution in [3.05, 3.63) is 72.4 Å². The highest BCUT2D eigenvalue weighted by atomic mass is 32.1. The summed E-state index contributed by atoms with van der Waals surface area (Å²) in [6.45, 7) is 0. The number of nitrogens with two attached hydrogens (primary N) is 1. The summed E-state index contributed by atoms with van der Waals surface area (Å²) in [4.78, 5) is 19.6. The minimum absolute atomic E-state index is 0.151. The molecule has 3 N–H and O–H groups in total. The van der Waals surface area contributed by atoms with E-state index in [1.54, 1.807) is 57.9 Å². The lowest BCUT2D eigenvalue weighted by atomic mass is 10.0. The highest BCUT2D eigenvalue weighted by Crippen LogP contribution is 2.44. The maximum atomic E-state index is 13.2. The second-order valence-electron chi connectivity index (χ2n) is 8.33. The molecule has 1 heterocycles. The molecule has 0 aliphatic heterocycles. The van der Waals surface area contributed by atoms with Crippen molar-refractivity contribution < 1.29 is 28.9 Å². The number of carbonyl (C=O) groups is 1. The maximum Gasteiger partial charge on any atom is 0.268 e. The van der Waals surface area contributed by atoms with Crippen molar-refractivity contribution in [2.24, 2.45) is 5.73 Å². The van der Waals surface area contributed by atoms with Crippen LogP contribution in [-0.4, -0.2) is 49.9 Å². The van der Waals surface area contributed by atoms with E-state index >= 15 is 0 Å². The summed E-state index contributed by atoms with van der Waals surface area (Å²) in [5.74, 6) is 1.33. The maximum absolute atomic E-state index is 13.2. The highest BCUT2D eigenvalue weighted by molar-refractivity contribution is 7.10. The fourth-order valence-corrected chi connectivity index (χ4v) is 4.87. The van der Waals surface area contributed by atoms with Gasteiger partial charge in [-0.15, -0.1) is 0 Å². The number of phenolic OH excluding ortho intramolecular Hbond substituents is 1. The van der Waals surface area contributed by atoms with Gasteiger partial charge in [-0.2, -0.15) is 9.44 Å². The van der Waals surface area contributed by atoms with Crippen LogP contribution in [-0.2, 0) is 16.1 Å². The van der Waals surface area contributed by atoms with Gasteiger partial charge in [0.05, 0.1) is 45.0 Å². The number of nitrogens with zero attached hydrogens (tertiary/aromatic N) is 2. The van der Waals surface area contributed by atoms with E-state index in [-0.39, 0.29) is 5.75 Å². The Kier molecular flexibility index (Phi) is 8.47. The van der Waals surface area contributed by atoms with Gasteiger partial charge in [-0.1, -0.05) is 24.3 Å². The van der Waals surface area contributed by atoms with Gasteiger partial charge in [0.2, 0.25) is 5.75 Å². The van der Waals surface area contributed by atoms with Crippen molar-refractivity contribution in [3.63, 3.8) is 0 Å². The number of methoxy groups -OCH3 is 3. The summed E-state index contributed by atoms with van der Waals surface area (Å²) in [6, 6.07) is 16.9. The van der Waals surface area contributed by atoms with Gasteiger partial charge in [-0.25, -0.2) is 0 Å². The average molecular weight is 536 g/mol. The first kappa shape index (κ1) is 26.9. The van der Waals surface area contributed by atoms with Gasteiger partial charge in [0, 0.05) is 17.3 Å². The molecule has 0 spiro atoms. The molecular weight excluding hydrogens is 506 g/mol. The standard InChI is InChI=1S/C28H29N3O6S/c1-34-24-14-19(15-25(35-2)26(24)36-3)27-22(16-30-38-27)18-6-5-7-20(13-18)31(37-4)28(33)23(29)12-17-8-10-21(32)11-9-17/h5-11,13-16,23,32H,12,29H2,1-4H3. The van der Waals surface area contributed by atoms with Crippen molar-refractivity contribution >= 4 is 23.1 Å². The molecule has 1 amide bonds. The first-order valence-corrected chi connectivity index (χ1v) is 12.4. The lowest BCUT2D eigenvalue weighted by Crippen LogP contribution is -2.44. The Balaban J connectivity index is 1.64. The van der Waals surface area contributed by atoms with Gasteiger partial charge >= 0.3 is 0 Å². The average Bonchev–Trinajstić information content (AvgIpc) is 3.44. The third kappa shape index (κ3) is 5.57. The molecule has 0 saturated heterocycles. The van der Waals surface area contributed by atoms with Crippen LogP contribution in [0.25, 0.3) is 21.6 Å².